The summed E-state index contributed by atoms with van der Waals surface area (Å²) in [6.07, 6.45) is 4.60. The second-order valence-electron chi connectivity index (χ2n) is 9.35. The van der Waals surface area contributed by atoms with Gasteiger partial charge in [0.1, 0.15) is 11.9 Å². The number of anilines is 2. The highest BCUT2D eigenvalue weighted by molar-refractivity contribution is 5.93. The minimum absolute atomic E-state index is 0.161. The van der Waals surface area contributed by atoms with Crippen LogP contribution in [0, 0.1) is 5.82 Å². The van der Waals surface area contributed by atoms with Crippen LogP contribution in [0.3, 0.4) is 0 Å². The Bertz CT molecular complexity index is 915. The van der Waals surface area contributed by atoms with Gasteiger partial charge in [-0.3, -0.25) is 14.6 Å². The van der Waals surface area contributed by atoms with Crippen LogP contribution >= 0.6 is 0 Å². The predicted molar refractivity (Wildman–Crippen MR) is 127 cm³/mol. The Hall–Kier alpha value is -2.88. The number of cyclic esters (lactones) is 1. The fourth-order valence-corrected chi connectivity index (χ4v) is 5.05. The van der Waals surface area contributed by atoms with Gasteiger partial charge in [0.2, 0.25) is 5.91 Å². The Morgan fingerprint density at radius 1 is 1.15 bits per heavy atom. The number of halogens is 1. The van der Waals surface area contributed by atoms with Gasteiger partial charge < -0.3 is 19.9 Å². The zero-order valence-corrected chi connectivity index (χ0v) is 20.0. The Morgan fingerprint density at radius 2 is 1.85 bits per heavy atom. The molecule has 3 aliphatic rings. The van der Waals surface area contributed by atoms with E-state index < -0.39 is 18.0 Å². The highest BCUT2D eigenvalue weighted by Gasteiger charge is 2.34. The number of carbonyl (C=O) groups is 3. The average molecular weight is 476 g/mol. The molecular weight excluding hydrogens is 441 g/mol. The molecule has 10 heteroatoms. The SMILES string of the molecule is CC(=O)NCC1CN(c2ccc(N(C)C(=O)N3CCC(N4CCCCC4)CC3)c(F)c2)C(=O)O1. The van der Waals surface area contributed by atoms with E-state index >= 15 is 4.39 Å². The van der Waals surface area contributed by atoms with Crippen molar-refractivity contribution in [3.05, 3.63) is 24.0 Å². The number of hydrogen-bond donors (Lipinski definition) is 1. The van der Waals surface area contributed by atoms with E-state index in [1.807, 2.05) is 0 Å². The topological polar surface area (TPSA) is 85.4 Å². The Morgan fingerprint density at radius 3 is 2.50 bits per heavy atom. The van der Waals surface area contributed by atoms with Crippen LogP contribution in [0.5, 0.6) is 0 Å². The van der Waals surface area contributed by atoms with Crippen molar-refractivity contribution in [2.24, 2.45) is 0 Å². The maximum absolute atomic E-state index is 15.0. The van der Waals surface area contributed by atoms with Crippen molar-refractivity contribution in [3.63, 3.8) is 0 Å². The van der Waals surface area contributed by atoms with Gasteiger partial charge >= 0.3 is 12.1 Å². The third-order valence-corrected chi connectivity index (χ3v) is 6.99. The molecule has 3 fully saturated rings. The zero-order chi connectivity index (χ0) is 24.2. The predicted octanol–water partition coefficient (Wildman–Crippen LogP) is 2.79. The largest absolute Gasteiger partial charge is 0.442 e. The van der Waals surface area contributed by atoms with E-state index in [-0.39, 0.29) is 30.7 Å². The summed E-state index contributed by atoms with van der Waals surface area (Å²) in [6.45, 7) is 5.42. The number of urea groups is 1. The van der Waals surface area contributed by atoms with Crippen molar-refractivity contribution >= 4 is 29.4 Å². The summed E-state index contributed by atoms with van der Waals surface area (Å²) in [5.41, 5.74) is 0.508. The molecule has 0 saturated carbocycles. The molecule has 0 spiro atoms. The maximum atomic E-state index is 15.0. The van der Waals surface area contributed by atoms with Crippen molar-refractivity contribution in [2.45, 2.75) is 51.2 Å². The summed E-state index contributed by atoms with van der Waals surface area (Å²) in [4.78, 5) is 43.3. The molecule has 3 aliphatic heterocycles. The number of amides is 4. The lowest BCUT2D eigenvalue weighted by molar-refractivity contribution is -0.119. The van der Waals surface area contributed by atoms with E-state index in [1.165, 1.54) is 48.1 Å². The summed E-state index contributed by atoms with van der Waals surface area (Å²) < 4.78 is 20.3. The normalized spacial score (nSPS) is 22.0. The van der Waals surface area contributed by atoms with Crippen molar-refractivity contribution < 1.29 is 23.5 Å². The smallest absolute Gasteiger partial charge is 0.414 e. The first-order valence-corrected chi connectivity index (χ1v) is 12.1. The first-order chi connectivity index (χ1) is 16.3. The third kappa shape index (κ3) is 5.43. The molecule has 34 heavy (non-hydrogen) atoms. The second-order valence-corrected chi connectivity index (χ2v) is 9.35. The molecule has 1 unspecified atom stereocenters. The zero-order valence-electron chi connectivity index (χ0n) is 20.0. The van der Waals surface area contributed by atoms with Crippen LogP contribution in [-0.4, -0.2) is 86.3 Å². The van der Waals surface area contributed by atoms with Crippen LogP contribution in [0.25, 0.3) is 0 Å². The van der Waals surface area contributed by atoms with Crippen LogP contribution < -0.4 is 15.1 Å². The standard InChI is InChI=1S/C24H34FN5O4/c1-17(31)26-15-20-16-30(24(33)34-20)19-6-7-22(21(25)14-19)27(2)23(32)29-12-8-18(9-13-29)28-10-4-3-5-11-28/h6-7,14,18,20H,3-5,8-13,15-16H2,1-2H3,(H,26,31). The van der Waals surface area contributed by atoms with Crippen molar-refractivity contribution in [1.82, 2.24) is 15.1 Å². The van der Waals surface area contributed by atoms with Crippen LogP contribution in [0.4, 0.5) is 25.4 Å². The first-order valence-electron chi connectivity index (χ1n) is 12.1. The quantitative estimate of drug-likeness (QED) is 0.708. The molecule has 1 N–H and O–H groups in total. The number of carbonyl (C=O) groups excluding carboxylic acids is 3. The Balaban J connectivity index is 1.34. The van der Waals surface area contributed by atoms with Crippen LogP contribution in [0.1, 0.15) is 39.0 Å². The molecule has 0 radical (unpaired) electrons. The number of benzene rings is 1. The monoisotopic (exact) mass is 475 g/mol. The fourth-order valence-electron chi connectivity index (χ4n) is 5.05. The molecule has 4 amide bonds. The van der Waals surface area contributed by atoms with Crippen LogP contribution in [0.15, 0.2) is 18.2 Å². The van der Waals surface area contributed by atoms with Gasteiger partial charge in [-0.05, 0) is 57.0 Å². The highest BCUT2D eigenvalue weighted by Crippen LogP contribution is 2.29. The summed E-state index contributed by atoms with van der Waals surface area (Å²) >= 11 is 0. The van der Waals surface area contributed by atoms with Crippen molar-refractivity contribution in [2.75, 3.05) is 56.1 Å². The van der Waals surface area contributed by atoms with E-state index in [0.717, 1.165) is 25.9 Å². The molecule has 0 bridgehead atoms. The molecule has 4 rings (SSSR count). The minimum Gasteiger partial charge on any atom is -0.442 e. The van der Waals surface area contributed by atoms with E-state index in [2.05, 4.69) is 10.2 Å². The van der Waals surface area contributed by atoms with Gasteiger partial charge in [0, 0.05) is 33.1 Å². The van der Waals surface area contributed by atoms with Gasteiger partial charge in [-0.15, -0.1) is 0 Å². The summed E-state index contributed by atoms with van der Waals surface area (Å²) in [7, 11) is 1.57. The molecule has 9 nitrogen and oxygen atoms in total. The number of piperidine rings is 2. The molecule has 0 aliphatic carbocycles. The molecule has 3 saturated heterocycles. The van der Waals surface area contributed by atoms with Gasteiger partial charge in [-0.25, -0.2) is 14.0 Å². The van der Waals surface area contributed by atoms with E-state index in [0.29, 0.717) is 24.8 Å². The first kappa shape index (κ1) is 24.3. The van der Waals surface area contributed by atoms with Gasteiger partial charge in [-0.1, -0.05) is 6.42 Å². The third-order valence-electron chi connectivity index (χ3n) is 6.99. The fraction of sp³-hybridized carbons (Fsp3) is 0.625. The highest BCUT2D eigenvalue weighted by atomic mass is 19.1. The van der Waals surface area contributed by atoms with Gasteiger partial charge in [0.25, 0.3) is 0 Å². The van der Waals surface area contributed by atoms with Gasteiger partial charge in [0.05, 0.1) is 24.5 Å². The Labute approximate surface area is 199 Å². The maximum Gasteiger partial charge on any atom is 0.414 e. The van der Waals surface area contributed by atoms with E-state index in [4.69, 9.17) is 4.74 Å². The van der Waals surface area contributed by atoms with Gasteiger partial charge in [-0.2, -0.15) is 0 Å². The lowest BCUT2D eigenvalue weighted by Crippen LogP contribution is -2.51. The molecule has 1 atom stereocenters. The number of likely N-dealkylation sites (tertiary alicyclic amines) is 2. The number of ether oxygens (including phenoxy) is 1. The van der Waals surface area contributed by atoms with Crippen molar-refractivity contribution in [3.8, 4) is 0 Å². The second kappa shape index (κ2) is 10.6. The molecule has 3 heterocycles. The Kier molecular flexibility index (Phi) is 7.55. The number of nitrogens with one attached hydrogen (secondary N) is 1. The molecule has 1 aromatic rings. The minimum atomic E-state index is -0.594. The number of nitrogens with zero attached hydrogens (tertiary/aromatic N) is 4. The van der Waals surface area contributed by atoms with Crippen LogP contribution in [0.2, 0.25) is 0 Å². The van der Waals surface area contributed by atoms with E-state index in [9.17, 15) is 14.4 Å². The number of rotatable bonds is 5. The van der Waals surface area contributed by atoms with Gasteiger partial charge in [0.15, 0.2) is 0 Å². The lowest BCUT2D eigenvalue weighted by Gasteiger charge is -2.41. The molecule has 1 aromatic carbocycles. The average Bonchev–Trinajstić information content (AvgIpc) is 3.23. The van der Waals surface area contributed by atoms with Crippen molar-refractivity contribution in [1.29, 1.82) is 0 Å². The lowest BCUT2D eigenvalue weighted by atomic mass is 10.00. The molecule has 0 aromatic heterocycles. The van der Waals surface area contributed by atoms with E-state index in [1.54, 1.807) is 18.0 Å². The number of hydrogen-bond acceptors (Lipinski definition) is 5. The molecule has 186 valence electrons. The van der Waals surface area contributed by atoms with Crippen LogP contribution in [-0.2, 0) is 9.53 Å². The summed E-state index contributed by atoms with van der Waals surface area (Å²) in [5, 5.41) is 2.61. The summed E-state index contributed by atoms with van der Waals surface area (Å²) in [5.74, 6) is -0.803. The summed E-state index contributed by atoms with van der Waals surface area (Å²) in [6, 6.07) is 4.66. The molecular formula is C24H34FN5O4.